The van der Waals surface area contributed by atoms with E-state index in [1.807, 2.05) is 49.5 Å². The minimum Gasteiger partial charge on any atom is -0.467 e. The van der Waals surface area contributed by atoms with Crippen LogP contribution >= 0.6 is 11.8 Å². The molecule has 1 aromatic heterocycles. The lowest BCUT2D eigenvalue weighted by atomic mass is 9.86. The van der Waals surface area contributed by atoms with Gasteiger partial charge in [0, 0.05) is 32.1 Å². The van der Waals surface area contributed by atoms with Crippen LogP contribution in [0.5, 0.6) is 0 Å². The van der Waals surface area contributed by atoms with Crippen LogP contribution in [0, 0.1) is 5.92 Å². The first kappa shape index (κ1) is 25.9. The number of carbonyl (C=O) groups excluding carboxylic acids is 2. The molecule has 2 amide bonds. The molecule has 186 valence electrons. The molecule has 0 radical (unpaired) electrons. The van der Waals surface area contributed by atoms with Gasteiger partial charge in [-0.2, -0.15) is 16.7 Å². The highest BCUT2D eigenvalue weighted by Gasteiger charge is 2.24. The molecule has 0 bridgehead atoms. The maximum atomic E-state index is 12.3. The number of aromatic nitrogens is 2. The predicted octanol–water partition coefficient (Wildman–Crippen LogP) is 3.26. The van der Waals surface area contributed by atoms with Crippen molar-refractivity contribution in [3.8, 4) is 0 Å². The zero-order valence-electron chi connectivity index (χ0n) is 20.5. The Balaban J connectivity index is 1.47. The van der Waals surface area contributed by atoms with Crippen LogP contribution in [0.1, 0.15) is 32.1 Å². The molecule has 10 heteroatoms. The van der Waals surface area contributed by atoms with Crippen LogP contribution in [-0.4, -0.2) is 73.8 Å². The van der Waals surface area contributed by atoms with Gasteiger partial charge in [0.05, 0.1) is 12.6 Å². The summed E-state index contributed by atoms with van der Waals surface area (Å²) in [4.78, 5) is 35.7. The zero-order valence-corrected chi connectivity index (χ0v) is 21.3. The van der Waals surface area contributed by atoms with Gasteiger partial charge in [-0.1, -0.05) is 12.1 Å². The van der Waals surface area contributed by atoms with Crippen molar-refractivity contribution in [3.05, 3.63) is 24.3 Å². The van der Waals surface area contributed by atoms with Crippen molar-refractivity contribution in [1.29, 1.82) is 0 Å². The van der Waals surface area contributed by atoms with E-state index in [0.29, 0.717) is 30.9 Å². The molecule has 1 aliphatic rings. The van der Waals surface area contributed by atoms with Gasteiger partial charge < -0.3 is 25.6 Å². The summed E-state index contributed by atoms with van der Waals surface area (Å²) in [6.45, 7) is 0.590. The minimum atomic E-state index is -0.619. The number of methoxy groups -OCH3 is 1. The number of amides is 2. The number of para-hydroxylation sites is 1. The van der Waals surface area contributed by atoms with Crippen LogP contribution < -0.4 is 20.9 Å². The number of rotatable bonds is 10. The van der Waals surface area contributed by atoms with Crippen LogP contribution in [0.25, 0.3) is 10.9 Å². The Bertz CT molecular complexity index is 965. The van der Waals surface area contributed by atoms with Gasteiger partial charge in [0.25, 0.3) is 0 Å². The monoisotopic (exact) mass is 488 g/mol. The number of carbonyl (C=O) groups is 2. The van der Waals surface area contributed by atoms with Gasteiger partial charge in [0.1, 0.15) is 11.9 Å². The number of esters is 1. The van der Waals surface area contributed by atoms with Crippen molar-refractivity contribution < 1.29 is 14.3 Å². The third kappa shape index (κ3) is 7.12. The molecule has 3 rings (SSSR count). The molecular weight excluding hydrogens is 452 g/mol. The summed E-state index contributed by atoms with van der Waals surface area (Å²) in [6, 6.07) is 7.40. The first-order valence-electron chi connectivity index (χ1n) is 11.7. The lowest BCUT2D eigenvalue weighted by Crippen LogP contribution is -2.48. The molecule has 1 aliphatic carbocycles. The average molecular weight is 489 g/mol. The third-order valence-electron chi connectivity index (χ3n) is 6.14. The number of fused-ring (bicyclic) bond motifs is 1. The second kappa shape index (κ2) is 12.6. The lowest BCUT2D eigenvalue weighted by Gasteiger charge is -2.29. The van der Waals surface area contributed by atoms with Crippen molar-refractivity contribution in [2.24, 2.45) is 5.92 Å². The second-order valence-electron chi connectivity index (χ2n) is 8.86. The summed E-state index contributed by atoms with van der Waals surface area (Å²) in [5.41, 5.74) is 0.926. The fourth-order valence-electron chi connectivity index (χ4n) is 4.23. The molecule has 0 spiro atoms. The smallest absolute Gasteiger partial charge is 0.328 e. The molecule has 2 aromatic rings. The van der Waals surface area contributed by atoms with Crippen LogP contribution in [0.4, 0.5) is 16.6 Å². The average Bonchev–Trinajstić information content (AvgIpc) is 2.85. The van der Waals surface area contributed by atoms with Crippen LogP contribution in [0.3, 0.4) is 0 Å². The Morgan fingerprint density at radius 3 is 2.59 bits per heavy atom. The Morgan fingerprint density at radius 2 is 1.91 bits per heavy atom. The zero-order chi connectivity index (χ0) is 24.5. The van der Waals surface area contributed by atoms with E-state index >= 15 is 0 Å². The first-order valence-corrected chi connectivity index (χ1v) is 13.1. The SMILES string of the molecule is COC(=O)[C@H](CCSC)NC(=O)NCC1CCC(Nc2nc(N(C)C)c3ccccc3n2)CC1. The normalized spacial score (nSPS) is 18.7. The van der Waals surface area contributed by atoms with Crippen LogP contribution in [0.15, 0.2) is 24.3 Å². The van der Waals surface area contributed by atoms with Gasteiger partial charge in [0.15, 0.2) is 0 Å². The maximum Gasteiger partial charge on any atom is 0.328 e. The molecule has 1 saturated carbocycles. The van der Waals surface area contributed by atoms with E-state index < -0.39 is 12.0 Å². The Hall–Kier alpha value is -2.75. The van der Waals surface area contributed by atoms with E-state index in [-0.39, 0.29) is 6.03 Å². The molecule has 0 saturated heterocycles. The Labute approximate surface area is 205 Å². The summed E-state index contributed by atoms with van der Waals surface area (Å²) in [5.74, 6) is 2.32. The number of hydrogen-bond donors (Lipinski definition) is 3. The number of benzene rings is 1. The van der Waals surface area contributed by atoms with Crippen molar-refractivity contribution in [2.45, 2.75) is 44.2 Å². The van der Waals surface area contributed by atoms with E-state index in [0.717, 1.165) is 48.2 Å². The van der Waals surface area contributed by atoms with Gasteiger partial charge in [-0.3, -0.25) is 0 Å². The van der Waals surface area contributed by atoms with E-state index in [1.54, 1.807) is 11.8 Å². The largest absolute Gasteiger partial charge is 0.467 e. The number of nitrogens with zero attached hydrogens (tertiary/aromatic N) is 3. The van der Waals surface area contributed by atoms with E-state index in [4.69, 9.17) is 14.7 Å². The van der Waals surface area contributed by atoms with Crippen molar-refractivity contribution in [2.75, 3.05) is 50.0 Å². The number of anilines is 2. The highest BCUT2D eigenvalue weighted by molar-refractivity contribution is 7.98. The fourth-order valence-corrected chi connectivity index (χ4v) is 4.70. The highest BCUT2D eigenvalue weighted by Crippen LogP contribution is 2.28. The van der Waals surface area contributed by atoms with Gasteiger partial charge in [-0.05, 0) is 62.2 Å². The number of hydrogen-bond acceptors (Lipinski definition) is 8. The van der Waals surface area contributed by atoms with Crippen LogP contribution in [0.2, 0.25) is 0 Å². The molecule has 1 aromatic carbocycles. The molecule has 1 atom stereocenters. The van der Waals surface area contributed by atoms with E-state index in [2.05, 4.69) is 16.0 Å². The molecule has 1 fully saturated rings. The Kier molecular flexibility index (Phi) is 9.62. The fraction of sp³-hybridized carbons (Fsp3) is 0.583. The maximum absolute atomic E-state index is 12.3. The molecule has 0 unspecified atom stereocenters. The number of ether oxygens (including phenoxy) is 1. The summed E-state index contributed by atoms with van der Waals surface area (Å²) < 4.78 is 4.80. The van der Waals surface area contributed by atoms with Gasteiger partial charge >= 0.3 is 12.0 Å². The quantitative estimate of drug-likeness (QED) is 0.438. The van der Waals surface area contributed by atoms with E-state index in [9.17, 15) is 9.59 Å². The van der Waals surface area contributed by atoms with Crippen molar-refractivity contribution in [1.82, 2.24) is 20.6 Å². The topological polar surface area (TPSA) is 108 Å². The minimum absolute atomic E-state index is 0.302. The number of nitrogens with one attached hydrogen (secondary N) is 3. The third-order valence-corrected chi connectivity index (χ3v) is 6.78. The van der Waals surface area contributed by atoms with Gasteiger partial charge in [-0.25, -0.2) is 14.6 Å². The van der Waals surface area contributed by atoms with Crippen LogP contribution in [-0.2, 0) is 9.53 Å². The summed E-state index contributed by atoms with van der Waals surface area (Å²) in [5, 5.41) is 10.2. The molecule has 34 heavy (non-hydrogen) atoms. The molecule has 3 N–H and O–H groups in total. The molecular formula is C24H36N6O3S. The lowest BCUT2D eigenvalue weighted by molar-refractivity contribution is -0.142. The van der Waals surface area contributed by atoms with Gasteiger partial charge in [0.2, 0.25) is 5.95 Å². The summed E-state index contributed by atoms with van der Waals surface area (Å²) >= 11 is 1.63. The molecule has 0 aliphatic heterocycles. The number of thioether (sulfide) groups is 1. The molecule has 9 nitrogen and oxygen atoms in total. The Morgan fingerprint density at radius 1 is 1.18 bits per heavy atom. The highest BCUT2D eigenvalue weighted by atomic mass is 32.2. The van der Waals surface area contributed by atoms with Crippen molar-refractivity contribution in [3.63, 3.8) is 0 Å². The van der Waals surface area contributed by atoms with E-state index in [1.165, 1.54) is 7.11 Å². The predicted molar refractivity (Wildman–Crippen MR) is 139 cm³/mol. The second-order valence-corrected chi connectivity index (χ2v) is 9.84. The van der Waals surface area contributed by atoms with Gasteiger partial charge in [-0.15, -0.1) is 0 Å². The van der Waals surface area contributed by atoms with Crippen molar-refractivity contribution >= 4 is 46.4 Å². The summed E-state index contributed by atoms with van der Waals surface area (Å²) in [7, 11) is 5.32. The summed E-state index contributed by atoms with van der Waals surface area (Å²) in [6.07, 6.45) is 6.48. The number of urea groups is 1. The molecule has 1 heterocycles. The standard InChI is InChI=1S/C24H36N6O3S/c1-30(2)21-18-7-5-6-8-19(18)27-23(29-21)26-17-11-9-16(10-12-17)15-25-24(32)28-20(13-14-34-4)22(31)33-3/h5-8,16-17,20H,9-15H2,1-4H3,(H2,25,28,32)(H,26,27,29)/t16?,17?,20-/m0/s1. The first-order chi connectivity index (χ1) is 16.4.